The van der Waals surface area contributed by atoms with E-state index in [0.29, 0.717) is 5.95 Å². The molecule has 0 atom stereocenters. The van der Waals surface area contributed by atoms with Crippen LogP contribution in [0.1, 0.15) is 0 Å². The molecule has 3 heterocycles. The highest BCUT2D eigenvalue weighted by Crippen LogP contribution is 2.01. The van der Waals surface area contributed by atoms with Gasteiger partial charge in [-0.05, 0) is 18.2 Å². The Morgan fingerprint density at radius 1 is 1.12 bits per heavy atom. The van der Waals surface area contributed by atoms with E-state index < -0.39 is 0 Å². The summed E-state index contributed by atoms with van der Waals surface area (Å²) in [6.45, 7) is 0. The van der Waals surface area contributed by atoms with E-state index in [1.807, 2.05) is 28.8 Å². The van der Waals surface area contributed by atoms with Crippen LogP contribution in [0, 0.1) is 0 Å². The van der Waals surface area contributed by atoms with Crippen molar-refractivity contribution in [3.05, 3.63) is 47.7 Å². The second kappa shape index (κ2) is 3.82. The van der Waals surface area contributed by atoms with Crippen molar-refractivity contribution in [3.8, 4) is 0 Å². The van der Waals surface area contributed by atoms with Crippen molar-refractivity contribution in [2.24, 2.45) is 4.99 Å². The maximum Gasteiger partial charge on any atom is 0.252 e. The normalized spacial score (nSPS) is 12.1. The van der Waals surface area contributed by atoms with E-state index >= 15 is 0 Å². The fourth-order valence-electron chi connectivity index (χ4n) is 1.31. The summed E-state index contributed by atoms with van der Waals surface area (Å²) in [5.41, 5.74) is 0.877. The average Bonchev–Trinajstić information content (AvgIpc) is 2.74. The molecule has 0 saturated carbocycles. The van der Waals surface area contributed by atoms with Crippen LogP contribution >= 0.6 is 11.5 Å². The zero-order valence-electron chi connectivity index (χ0n) is 8.19. The number of aromatic nitrogens is 4. The highest BCUT2D eigenvalue weighted by atomic mass is 32.1. The van der Waals surface area contributed by atoms with Gasteiger partial charge in [0.2, 0.25) is 4.80 Å². The van der Waals surface area contributed by atoms with Gasteiger partial charge in [0.15, 0.2) is 5.65 Å². The molecule has 0 amide bonds. The van der Waals surface area contributed by atoms with Gasteiger partial charge in [-0.2, -0.15) is 9.37 Å². The van der Waals surface area contributed by atoms with Gasteiger partial charge in [-0.3, -0.25) is 4.40 Å². The zero-order chi connectivity index (χ0) is 10.8. The van der Waals surface area contributed by atoms with Gasteiger partial charge in [0.25, 0.3) is 5.95 Å². The highest BCUT2D eigenvalue weighted by Gasteiger charge is 1.97. The molecule has 0 spiro atoms. The molecular weight excluding hydrogens is 222 g/mol. The molecule has 0 aliphatic heterocycles. The molecule has 0 N–H and O–H groups in total. The highest BCUT2D eigenvalue weighted by molar-refractivity contribution is 7.03. The van der Waals surface area contributed by atoms with Crippen LogP contribution in [0.25, 0.3) is 5.65 Å². The Kier molecular flexibility index (Phi) is 2.19. The minimum Gasteiger partial charge on any atom is -0.275 e. The standard InChI is InChI=1S/C10H7N5S/c1-2-7-15-8(4-1)14-16-10(15)13-9-11-5-3-6-12-9/h1-7H. The van der Waals surface area contributed by atoms with Crippen molar-refractivity contribution in [1.29, 1.82) is 0 Å². The molecule has 5 nitrogen and oxygen atoms in total. The molecular formula is C10H7N5S. The molecule has 0 aliphatic carbocycles. The van der Waals surface area contributed by atoms with Crippen molar-refractivity contribution in [1.82, 2.24) is 18.7 Å². The predicted octanol–water partition coefficient (Wildman–Crippen LogP) is 1.42. The van der Waals surface area contributed by atoms with Crippen molar-refractivity contribution in [3.63, 3.8) is 0 Å². The Morgan fingerprint density at radius 3 is 2.88 bits per heavy atom. The Balaban J connectivity index is 2.23. The number of hydrogen-bond donors (Lipinski definition) is 0. The molecule has 3 aromatic rings. The van der Waals surface area contributed by atoms with Crippen LogP contribution in [0.5, 0.6) is 0 Å². The molecule has 16 heavy (non-hydrogen) atoms. The first-order chi connectivity index (χ1) is 7.93. The number of nitrogens with zero attached hydrogens (tertiary/aromatic N) is 5. The molecule has 0 aromatic carbocycles. The lowest BCUT2D eigenvalue weighted by molar-refractivity contribution is 1.04. The summed E-state index contributed by atoms with van der Waals surface area (Å²) >= 11 is 1.32. The smallest absolute Gasteiger partial charge is 0.252 e. The largest absolute Gasteiger partial charge is 0.275 e. The van der Waals surface area contributed by atoms with Gasteiger partial charge < -0.3 is 0 Å². The maximum atomic E-state index is 4.33. The third-order valence-electron chi connectivity index (χ3n) is 2.01. The lowest BCUT2D eigenvalue weighted by Gasteiger charge is -1.90. The second-order valence-electron chi connectivity index (χ2n) is 3.05. The third-order valence-corrected chi connectivity index (χ3v) is 2.74. The van der Waals surface area contributed by atoms with Crippen LogP contribution in [-0.4, -0.2) is 18.7 Å². The topological polar surface area (TPSA) is 55.4 Å². The van der Waals surface area contributed by atoms with Crippen molar-refractivity contribution < 1.29 is 0 Å². The van der Waals surface area contributed by atoms with E-state index in [2.05, 4.69) is 19.3 Å². The number of pyridine rings is 1. The van der Waals surface area contributed by atoms with Crippen LogP contribution in [0.3, 0.4) is 0 Å². The average molecular weight is 229 g/mol. The van der Waals surface area contributed by atoms with Gasteiger partial charge >= 0.3 is 0 Å². The van der Waals surface area contributed by atoms with E-state index in [9.17, 15) is 0 Å². The summed E-state index contributed by atoms with van der Waals surface area (Å²) < 4.78 is 6.17. The molecule has 0 fully saturated rings. The quantitative estimate of drug-likeness (QED) is 0.634. The summed E-state index contributed by atoms with van der Waals surface area (Å²) in [4.78, 5) is 13.2. The molecule has 0 bridgehead atoms. The SMILES string of the molecule is c1cnc(N=c2snc3ccccn23)nc1. The van der Waals surface area contributed by atoms with Gasteiger partial charge in [-0.15, -0.1) is 0 Å². The van der Waals surface area contributed by atoms with Crippen LogP contribution in [-0.2, 0) is 0 Å². The molecule has 0 radical (unpaired) electrons. The third kappa shape index (κ3) is 1.59. The zero-order valence-corrected chi connectivity index (χ0v) is 9.00. The Labute approximate surface area is 95.0 Å². The molecule has 3 rings (SSSR count). The summed E-state index contributed by atoms with van der Waals surface area (Å²) in [6.07, 6.45) is 5.25. The molecule has 3 aromatic heterocycles. The first-order valence-electron chi connectivity index (χ1n) is 4.68. The number of fused-ring (bicyclic) bond motifs is 1. The van der Waals surface area contributed by atoms with Crippen molar-refractivity contribution in [2.45, 2.75) is 0 Å². The minimum absolute atomic E-state index is 0.449. The first-order valence-corrected chi connectivity index (χ1v) is 5.46. The summed E-state index contributed by atoms with van der Waals surface area (Å²) in [6, 6.07) is 7.57. The van der Waals surface area contributed by atoms with E-state index in [-0.39, 0.29) is 0 Å². The lowest BCUT2D eigenvalue weighted by Crippen LogP contribution is -2.05. The molecule has 0 saturated heterocycles. The van der Waals surface area contributed by atoms with Crippen LogP contribution < -0.4 is 4.80 Å². The van der Waals surface area contributed by atoms with E-state index in [0.717, 1.165) is 10.4 Å². The summed E-state index contributed by atoms with van der Waals surface area (Å²) in [5.74, 6) is 0.449. The summed E-state index contributed by atoms with van der Waals surface area (Å²) in [5, 5.41) is 0. The van der Waals surface area contributed by atoms with Crippen LogP contribution in [0.4, 0.5) is 5.95 Å². The number of hydrogen-bond acceptors (Lipinski definition) is 5. The van der Waals surface area contributed by atoms with Gasteiger partial charge in [-0.1, -0.05) is 6.07 Å². The van der Waals surface area contributed by atoms with Gasteiger partial charge in [-0.25, -0.2) is 9.97 Å². The fraction of sp³-hybridized carbons (Fsp3) is 0. The summed E-state index contributed by atoms with van der Waals surface area (Å²) in [7, 11) is 0. The predicted molar refractivity (Wildman–Crippen MR) is 60.3 cm³/mol. The molecule has 6 heteroatoms. The van der Waals surface area contributed by atoms with Gasteiger partial charge in [0, 0.05) is 30.1 Å². The Bertz CT molecular complexity index is 670. The number of rotatable bonds is 1. The molecule has 0 unspecified atom stereocenters. The Hall–Kier alpha value is -2.08. The molecule has 78 valence electrons. The monoisotopic (exact) mass is 229 g/mol. The second-order valence-corrected chi connectivity index (χ2v) is 3.78. The molecule has 0 aliphatic rings. The van der Waals surface area contributed by atoms with Crippen molar-refractivity contribution >= 4 is 23.1 Å². The van der Waals surface area contributed by atoms with E-state index in [1.165, 1.54) is 11.5 Å². The first kappa shape index (κ1) is 9.17. The minimum atomic E-state index is 0.449. The van der Waals surface area contributed by atoms with Crippen LogP contribution in [0.2, 0.25) is 0 Å². The van der Waals surface area contributed by atoms with Gasteiger partial charge in [0.05, 0.1) is 0 Å². The van der Waals surface area contributed by atoms with E-state index in [1.54, 1.807) is 18.5 Å². The maximum absolute atomic E-state index is 4.33. The van der Waals surface area contributed by atoms with Crippen LogP contribution in [0.15, 0.2) is 47.8 Å². The Morgan fingerprint density at radius 2 is 2.00 bits per heavy atom. The van der Waals surface area contributed by atoms with E-state index in [4.69, 9.17) is 0 Å². The lowest BCUT2D eigenvalue weighted by atomic mass is 10.5. The van der Waals surface area contributed by atoms with Gasteiger partial charge in [0.1, 0.15) is 0 Å². The fourth-order valence-corrected chi connectivity index (χ4v) is 2.00. The van der Waals surface area contributed by atoms with Crippen molar-refractivity contribution in [2.75, 3.05) is 0 Å².